The van der Waals surface area contributed by atoms with Crippen molar-refractivity contribution < 1.29 is 14.0 Å². The second kappa shape index (κ2) is 7.83. The van der Waals surface area contributed by atoms with Crippen LogP contribution in [0.1, 0.15) is 28.9 Å². The van der Waals surface area contributed by atoms with Crippen molar-refractivity contribution in [3.8, 4) is 11.3 Å². The van der Waals surface area contributed by atoms with Crippen molar-refractivity contribution >= 4 is 28.3 Å². The molecule has 0 spiro atoms. The van der Waals surface area contributed by atoms with E-state index in [4.69, 9.17) is 4.42 Å². The first kappa shape index (κ1) is 19.4. The maximum atomic E-state index is 12.7. The summed E-state index contributed by atoms with van der Waals surface area (Å²) in [7, 11) is 0. The highest BCUT2D eigenvalue weighted by Gasteiger charge is 2.35. The van der Waals surface area contributed by atoms with Gasteiger partial charge in [-0.3, -0.25) is 9.59 Å². The van der Waals surface area contributed by atoms with Gasteiger partial charge in [-0.05, 0) is 55.7 Å². The SMILES string of the molecule is Cc1cc(C)c(-c2csc(NC(=O)C3CC(=O)N(Cc4ccco4)C3)n2)cc1C. The van der Waals surface area contributed by atoms with Gasteiger partial charge < -0.3 is 14.6 Å². The summed E-state index contributed by atoms with van der Waals surface area (Å²) >= 11 is 1.40. The topological polar surface area (TPSA) is 75.4 Å². The van der Waals surface area contributed by atoms with Crippen LogP contribution in [0.3, 0.4) is 0 Å². The predicted octanol–water partition coefficient (Wildman–Crippen LogP) is 4.32. The zero-order valence-electron chi connectivity index (χ0n) is 16.7. The molecule has 1 saturated heterocycles. The lowest BCUT2D eigenvalue weighted by Gasteiger charge is -2.14. The van der Waals surface area contributed by atoms with Crippen molar-refractivity contribution in [3.63, 3.8) is 0 Å². The van der Waals surface area contributed by atoms with E-state index in [1.54, 1.807) is 17.2 Å². The Bertz CT molecular complexity index is 1060. The Kier molecular flexibility index (Phi) is 5.24. The molecule has 3 heterocycles. The van der Waals surface area contributed by atoms with E-state index in [1.165, 1.54) is 22.5 Å². The van der Waals surface area contributed by atoms with Gasteiger partial charge in [-0.15, -0.1) is 11.3 Å². The average Bonchev–Trinajstić information content (AvgIpc) is 3.41. The smallest absolute Gasteiger partial charge is 0.231 e. The molecule has 6 nitrogen and oxygen atoms in total. The first-order valence-corrected chi connectivity index (χ1v) is 10.4. The number of rotatable bonds is 5. The van der Waals surface area contributed by atoms with Gasteiger partial charge in [0.15, 0.2) is 5.13 Å². The first-order chi connectivity index (χ1) is 13.9. The zero-order chi connectivity index (χ0) is 20.5. The maximum Gasteiger partial charge on any atom is 0.231 e. The van der Waals surface area contributed by atoms with Gasteiger partial charge in [0.05, 0.1) is 24.4 Å². The van der Waals surface area contributed by atoms with Crippen molar-refractivity contribution in [2.75, 3.05) is 11.9 Å². The highest BCUT2D eigenvalue weighted by molar-refractivity contribution is 7.14. The van der Waals surface area contributed by atoms with Crippen LogP contribution in [-0.4, -0.2) is 28.2 Å². The fourth-order valence-electron chi connectivity index (χ4n) is 3.59. The van der Waals surface area contributed by atoms with E-state index < -0.39 is 0 Å². The van der Waals surface area contributed by atoms with Crippen LogP contribution >= 0.6 is 11.3 Å². The lowest BCUT2D eigenvalue weighted by atomic mass is 9.99. The van der Waals surface area contributed by atoms with E-state index in [1.807, 2.05) is 11.4 Å². The van der Waals surface area contributed by atoms with Crippen molar-refractivity contribution in [1.82, 2.24) is 9.88 Å². The molecule has 2 amide bonds. The van der Waals surface area contributed by atoms with E-state index in [-0.39, 0.29) is 24.2 Å². The number of nitrogens with one attached hydrogen (secondary N) is 1. The van der Waals surface area contributed by atoms with E-state index in [0.29, 0.717) is 24.0 Å². The minimum Gasteiger partial charge on any atom is -0.467 e. The van der Waals surface area contributed by atoms with Crippen molar-refractivity contribution in [1.29, 1.82) is 0 Å². The van der Waals surface area contributed by atoms with Crippen LogP contribution in [0.25, 0.3) is 11.3 Å². The number of carbonyl (C=O) groups excluding carboxylic acids is 2. The van der Waals surface area contributed by atoms with Gasteiger partial charge in [0.1, 0.15) is 5.76 Å². The summed E-state index contributed by atoms with van der Waals surface area (Å²) in [5, 5.41) is 5.39. The molecule has 150 valence electrons. The average molecular weight is 410 g/mol. The number of hydrogen-bond donors (Lipinski definition) is 1. The number of nitrogens with zero attached hydrogens (tertiary/aromatic N) is 2. The summed E-state index contributed by atoms with van der Waals surface area (Å²) in [6.45, 7) is 7.02. The number of thiazole rings is 1. The molecule has 1 aliphatic heterocycles. The van der Waals surface area contributed by atoms with Gasteiger partial charge in [-0.25, -0.2) is 4.98 Å². The van der Waals surface area contributed by atoms with Crippen LogP contribution in [0.5, 0.6) is 0 Å². The summed E-state index contributed by atoms with van der Waals surface area (Å²) in [6.07, 6.45) is 1.79. The van der Waals surface area contributed by atoms with Crippen molar-refractivity contribution in [2.24, 2.45) is 5.92 Å². The number of likely N-dealkylation sites (tertiary alicyclic amines) is 1. The second-order valence-electron chi connectivity index (χ2n) is 7.53. The summed E-state index contributed by atoms with van der Waals surface area (Å²) in [6, 6.07) is 7.90. The number of amides is 2. The first-order valence-electron chi connectivity index (χ1n) is 9.55. The summed E-state index contributed by atoms with van der Waals surface area (Å²) in [4.78, 5) is 31.2. The Balaban J connectivity index is 1.42. The Morgan fingerprint density at radius 3 is 2.83 bits per heavy atom. The summed E-state index contributed by atoms with van der Waals surface area (Å²) in [5.74, 6) is 0.131. The molecular formula is C22H23N3O3S. The lowest BCUT2D eigenvalue weighted by Crippen LogP contribution is -2.27. The predicted molar refractivity (Wildman–Crippen MR) is 113 cm³/mol. The Labute approximate surface area is 173 Å². The summed E-state index contributed by atoms with van der Waals surface area (Å²) < 4.78 is 5.30. The standard InChI is InChI=1S/C22H23N3O3S/c1-13-7-15(3)18(8-14(13)2)19-12-29-22(23-19)24-21(27)16-9-20(26)25(10-16)11-17-5-4-6-28-17/h4-8,12,16H,9-11H2,1-3H3,(H,23,24,27). The number of carbonyl (C=O) groups is 2. The molecule has 0 aliphatic carbocycles. The molecule has 1 N–H and O–H groups in total. The van der Waals surface area contributed by atoms with Gasteiger partial charge in [-0.2, -0.15) is 0 Å². The molecule has 1 unspecified atom stereocenters. The minimum absolute atomic E-state index is 0.0351. The third kappa shape index (κ3) is 4.10. The number of aryl methyl sites for hydroxylation is 3. The largest absolute Gasteiger partial charge is 0.467 e. The van der Waals surface area contributed by atoms with Crippen molar-refractivity contribution in [3.05, 3.63) is 58.4 Å². The zero-order valence-corrected chi connectivity index (χ0v) is 17.5. The quantitative estimate of drug-likeness (QED) is 0.681. The summed E-state index contributed by atoms with van der Waals surface area (Å²) in [5.41, 5.74) is 5.55. The van der Waals surface area contributed by atoms with Gasteiger partial charge in [-0.1, -0.05) is 6.07 Å². The van der Waals surface area contributed by atoms with Gasteiger partial charge >= 0.3 is 0 Å². The molecule has 0 bridgehead atoms. The van der Waals surface area contributed by atoms with Crippen LogP contribution in [0.4, 0.5) is 5.13 Å². The number of furan rings is 1. The van der Waals surface area contributed by atoms with Gasteiger partial charge in [0.25, 0.3) is 0 Å². The monoisotopic (exact) mass is 409 g/mol. The molecule has 1 aliphatic rings. The Morgan fingerprint density at radius 1 is 1.28 bits per heavy atom. The Morgan fingerprint density at radius 2 is 2.07 bits per heavy atom. The third-order valence-electron chi connectivity index (χ3n) is 5.36. The van der Waals surface area contributed by atoms with Crippen LogP contribution in [0.15, 0.2) is 40.3 Å². The molecule has 4 rings (SSSR count). The van der Waals surface area contributed by atoms with Crippen LogP contribution in [0, 0.1) is 26.7 Å². The molecule has 7 heteroatoms. The Hall–Kier alpha value is -2.93. The number of anilines is 1. The van der Waals surface area contributed by atoms with Crippen LogP contribution < -0.4 is 5.32 Å². The second-order valence-corrected chi connectivity index (χ2v) is 8.39. The van der Waals surface area contributed by atoms with E-state index in [9.17, 15) is 9.59 Å². The molecule has 1 aromatic carbocycles. The molecule has 0 radical (unpaired) electrons. The number of aromatic nitrogens is 1. The number of benzene rings is 1. The minimum atomic E-state index is -0.381. The number of hydrogen-bond acceptors (Lipinski definition) is 5. The molecule has 1 fully saturated rings. The van der Waals surface area contributed by atoms with E-state index in [0.717, 1.165) is 16.8 Å². The maximum absolute atomic E-state index is 12.7. The van der Waals surface area contributed by atoms with Gasteiger partial charge in [0.2, 0.25) is 11.8 Å². The highest BCUT2D eigenvalue weighted by atomic mass is 32.1. The van der Waals surface area contributed by atoms with Crippen LogP contribution in [-0.2, 0) is 16.1 Å². The fourth-order valence-corrected chi connectivity index (χ4v) is 4.30. The molecule has 2 aromatic heterocycles. The van der Waals surface area contributed by atoms with E-state index in [2.05, 4.69) is 43.2 Å². The molecule has 0 saturated carbocycles. The highest BCUT2D eigenvalue weighted by Crippen LogP contribution is 2.30. The normalized spacial score (nSPS) is 16.4. The molecule has 3 aromatic rings. The van der Waals surface area contributed by atoms with Crippen LogP contribution in [0.2, 0.25) is 0 Å². The van der Waals surface area contributed by atoms with Gasteiger partial charge in [0, 0.05) is 23.9 Å². The molecule has 1 atom stereocenters. The fraction of sp³-hybridized carbons (Fsp3) is 0.318. The molecule has 29 heavy (non-hydrogen) atoms. The van der Waals surface area contributed by atoms with E-state index >= 15 is 0 Å². The third-order valence-corrected chi connectivity index (χ3v) is 6.12. The molecular weight excluding hydrogens is 386 g/mol. The van der Waals surface area contributed by atoms with Crippen molar-refractivity contribution in [2.45, 2.75) is 33.7 Å². The lowest BCUT2D eigenvalue weighted by molar-refractivity contribution is -0.128.